The molecule has 1 aromatic carbocycles. The Kier molecular flexibility index (Phi) is 9.83. The van der Waals surface area contributed by atoms with Crippen molar-refractivity contribution < 1.29 is 24.9 Å². The molecule has 1 saturated carbocycles. The van der Waals surface area contributed by atoms with Gasteiger partial charge in [-0.15, -0.1) is 0 Å². The molecular formula is C32H45NO5. The minimum atomic E-state index is -0.772. The van der Waals surface area contributed by atoms with Gasteiger partial charge in [-0.2, -0.15) is 0 Å². The van der Waals surface area contributed by atoms with Gasteiger partial charge in [0, 0.05) is 12.0 Å². The summed E-state index contributed by atoms with van der Waals surface area (Å²) in [5.41, 5.74) is 3.98. The number of nitrogens with zero attached hydrogens (tertiary/aromatic N) is 1. The quantitative estimate of drug-likeness (QED) is 0.253. The third-order valence-electron chi connectivity index (χ3n) is 8.82. The first kappa shape index (κ1) is 28.6. The lowest BCUT2D eigenvalue weighted by atomic mass is 9.67. The number of carbonyl (C=O) groups excluding carboxylic acids is 2. The van der Waals surface area contributed by atoms with Crippen molar-refractivity contribution in [2.45, 2.75) is 103 Å². The summed E-state index contributed by atoms with van der Waals surface area (Å²) in [5, 5.41) is 31.9. The van der Waals surface area contributed by atoms with Crippen LogP contribution >= 0.6 is 0 Å². The number of allylic oxidation sites excluding steroid dienone is 2. The lowest BCUT2D eigenvalue weighted by Gasteiger charge is -2.36. The summed E-state index contributed by atoms with van der Waals surface area (Å²) >= 11 is 0. The van der Waals surface area contributed by atoms with Crippen molar-refractivity contribution in [3.8, 4) is 5.75 Å². The summed E-state index contributed by atoms with van der Waals surface area (Å²) in [7, 11) is 0. The van der Waals surface area contributed by atoms with Gasteiger partial charge < -0.3 is 15.3 Å². The standard InChI is InChI=1S/C32H45NO5/c1-3-9-21(17-22-11-8-14-25(35)18-22)15-16-28(36)29-23(10-4-2)19-26-30(27(29)20-34)32(38)33(31(26)37)24-12-6-5-7-13-24/h8,11,14,17-18,24,26-28,30,34-36H,3-7,9-10,12-13,15-16,19-20H2,1-2H3/b21-17+/t26-,27+,28-,30-/m1/s1. The van der Waals surface area contributed by atoms with Crippen LogP contribution in [0.4, 0.5) is 0 Å². The van der Waals surface area contributed by atoms with Gasteiger partial charge in [0.25, 0.3) is 0 Å². The van der Waals surface area contributed by atoms with Crippen molar-refractivity contribution in [3.05, 3.63) is 46.5 Å². The number of rotatable bonds is 11. The molecule has 1 heterocycles. The normalized spacial score (nSPS) is 25.7. The van der Waals surface area contributed by atoms with Crippen molar-refractivity contribution in [1.29, 1.82) is 0 Å². The van der Waals surface area contributed by atoms with Crippen molar-refractivity contribution >= 4 is 17.9 Å². The molecule has 1 aliphatic heterocycles. The van der Waals surface area contributed by atoms with Crippen LogP contribution in [0.3, 0.4) is 0 Å². The maximum atomic E-state index is 13.7. The second kappa shape index (κ2) is 13.1. The molecule has 3 aliphatic rings. The number of imide groups is 1. The van der Waals surface area contributed by atoms with E-state index < -0.39 is 23.9 Å². The molecule has 38 heavy (non-hydrogen) atoms. The van der Waals surface area contributed by atoms with Crippen molar-refractivity contribution in [2.75, 3.05) is 6.61 Å². The van der Waals surface area contributed by atoms with Crippen LogP contribution in [0.1, 0.15) is 96.5 Å². The number of hydrogen-bond donors (Lipinski definition) is 3. The van der Waals surface area contributed by atoms with Gasteiger partial charge in [0.2, 0.25) is 11.8 Å². The molecule has 6 nitrogen and oxygen atoms in total. The molecule has 0 spiro atoms. The summed E-state index contributed by atoms with van der Waals surface area (Å²) in [6.07, 6.45) is 11.5. The summed E-state index contributed by atoms with van der Waals surface area (Å²) < 4.78 is 0. The van der Waals surface area contributed by atoms with E-state index in [4.69, 9.17) is 0 Å². The van der Waals surface area contributed by atoms with Gasteiger partial charge in [-0.3, -0.25) is 14.5 Å². The number of fused-ring (bicyclic) bond motifs is 1. The number of amides is 2. The largest absolute Gasteiger partial charge is 0.508 e. The first-order chi connectivity index (χ1) is 18.4. The van der Waals surface area contributed by atoms with Crippen molar-refractivity contribution in [3.63, 3.8) is 0 Å². The fourth-order valence-electron chi connectivity index (χ4n) is 7.14. The molecule has 0 aromatic heterocycles. The van der Waals surface area contributed by atoms with Crippen LogP contribution in [-0.4, -0.2) is 50.8 Å². The number of benzene rings is 1. The van der Waals surface area contributed by atoms with Gasteiger partial charge >= 0.3 is 0 Å². The number of phenols is 1. The van der Waals surface area contributed by atoms with Gasteiger partial charge in [0.15, 0.2) is 0 Å². The molecule has 208 valence electrons. The molecule has 2 fully saturated rings. The molecule has 4 rings (SSSR count). The number of aromatic hydroxyl groups is 1. The van der Waals surface area contributed by atoms with E-state index in [1.165, 1.54) is 5.57 Å². The van der Waals surface area contributed by atoms with E-state index in [2.05, 4.69) is 19.9 Å². The third-order valence-corrected chi connectivity index (χ3v) is 8.82. The minimum absolute atomic E-state index is 0.0177. The fraction of sp³-hybridized carbons (Fsp3) is 0.625. The summed E-state index contributed by atoms with van der Waals surface area (Å²) in [5.74, 6) is -1.48. The second-order valence-corrected chi connectivity index (χ2v) is 11.5. The average molecular weight is 524 g/mol. The Morgan fingerprint density at radius 2 is 1.84 bits per heavy atom. The van der Waals surface area contributed by atoms with Crippen molar-refractivity contribution in [2.24, 2.45) is 17.8 Å². The Labute approximate surface area is 227 Å². The van der Waals surface area contributed by atoms with Crippen LogP contribution < -0.4 is 0 Å². The second-order valence-electron chi connectivity index (χ2n) is 11.5. The fourth-order valence-corrected chi connectivity index (χ4v) is 7.14. The number of phenolic OH excluding ortho intramolecular Hbond substituents is 1. The Hall–Kier alpha value is -2.44. The molecule has 3 N–H and O–H groups in total. The molecule has 4 atom stereocenters. The first-order valence-electron chi connectivity index (χ1n) is 14.8. The first-order valence-corrected chi connectivity index (χ1v) is 14.8. The van der Waals surface area contributed by atoms with Crippen LogP contribution in [0.15, 0.2) is 41.0 Å². The van der Waals surface area contributed by atoms with Gasteiger partial charge in [-0.25, -0.2) is 0 Å². The van der Waals surface area contributed by atoms with E-state index in [9.17, 15) is 24.9 Å². The number of likely N-dealkylation sites (tertiary alicyclic amines) is 1. The Morgan fingerprint density at radius 1 is 1.08 bits per heavy atom. The Bertz CT molecular complexity index is 1050. The molecule has 1 saturated heterocycles. The summed E-state index contributed by atoms with van der Waals surface area (Å²) in [6, 6.07) is 7.14. The van der Waals surface area contributed by atoms with Crippen molar-refractivity contribution in [1.82, 2.24) is 4.90 Å². The topological polar surface area (TPSA) is 98.1 Å². The average Bonchev–Trinajstić information content (AvgIpc) is 3.16. The zero-order valence-corrected chi connectivity index (χ0v) is 23.1. The zero-order valence-electron chi connectivity index (χ0n) is 23.1. The zero-order chi connectivity index (χ0) is 27.2. The highest BCUT2D eigenvalue weighted by Gasteiger charge is 2.56. The maximum Gasteiger partial charge on any atom is 0.234 e. The number of aliphatic hydroxyl groups is 2. The predicted molar refractivity (Wildman–Crippen MR) is 149 cm³/mol. The number of aliphatic hydroxyl groups excluding tert-OH is 2. The maximum absolute atomic E-state index is 13.7. The molecule has 6 heteroatoms. The number of carbonyl (C=O) groups is 2. The van der Waals surface area contributed by atoms with Gasteiger partial charge in [-0.05, 0) is 68.2 Å². The van der Waals surface area contributed by atoms with Crippen LogP contribution in [0.5, 0.6) is 5.75 Å². The Morgan fingerprint density at radius 3 is 2.50 bits per heavy atom. The van der Waals surface area contributed by atoms with Gasteiger partial charge in [-0.1, -0.05) is 75.3 Å². The van der Waals surface area contributed by atoms with Crippen LogP contribution in [0.2, 0.25) is 0 Å². The molecule has 2 aliphatic carbocycles. The highest BCUT2D eigenvalue weighted by molar-refractivity contribution is 6.06. The molecule has 0 bridgehead atoms. The molecule has 2 amide bonds. The smallest absolute Gasteiger partial charge is 0.234 e. The highest BCUT2D eigenvalue weighted by atomic mass is 16.3. The highest BCUT2D eigenvalue weighted by Crippen LogP contribution is 2.48. The lowest BCUT2D eigenvalue weighted by Crippen LogP contribution is -2.42. The van der Waals surface area contributed by atoms with Gasteiger partial charge in [0.1, 0.15) is 5.75 Å². The van der Waals surface area contributed by atoms with E-state index in [0.29, 0.717) is 19.3 Å². The van der Waals surface area contributed by atoms with Gasteiger partial charge in [0.05, 0.1) is 24.5 Å². The molecule has 1 aromatic rings. The van der Waals surface area contributed by atoms with E-state index in [1.54, 1.807) is 17.0 Å². The minimum Gasteiger partial charge on any atom is -0.508 e. The molecule has 0 radical (unpaired) electrons. The van der Waals surface area contributed by atoms with E-state index >= 15 is 0 Å². The number of hydrogen-bond acceptors (Lipinski definition) is 5. The van der Waals surface area contributed by atoms with Crippen LogP contribution in [-0.2, 0) is 9.59 Å². The predicted octanol–water partition coefficient (Wildman–Crippen LogP) is 5.76. The van der Waals surface area contributed by atoms with Crippen LogP contribution in [0, 0.1) is 17.8 Å². The third kappa shape index (κ3) is 6.07. The SMILES string of the molecule is CCCC1=C([C@H](O)CC/C(=C/c2cccc(O)c2)CCC)[C@H](CO)[C@@H]2C(=O)N(C3CCCCC3)C(=O)[C@@H]2C1. The van der Waals surface area contributed by atoms with Crippen LogP contribution in [0.25, 0.3) is 6.08 Å². The lowest BCUT2D eigenvalue weighted by molar-refractivity contribution is -0.143. The van der Waals surface area contributed by atoms with E-state index in [1.807, 2.05) is 12.1 Å². The van der Waals surface area contributed by atoms with E-state index in [0.717, 1.165) is 74.5 Å². The summed E-state index contributed by atoms with van der Waals surface area (Å²) in [6.45, 7) is 3.97. The Balaban J connectivity index is 1.57. The monoisotopic (exact) mass is 523 g/mol. The molecular weight excluding hydrogens is 478 g/mol. The summed E-state index contributed by atoms with van der Waals surface area (Å²) in [4.78, 5) is 28.8. The molecule has 0 unspecified atom stereocenters. The van der Waals surface area contributed by atoms with E-state index in [-0.39, 0.29) is 30.2 Å².